The number of carbonyl (C=O) groups excluding carboxylic acids is 2. The molecule has 1 aromatic carbocycles. The first-order chi connectivity index (χ1) is 16.3. The van der Waals surface area contributed by atoms with Crippen LogP contribution in [0.1, 0.15) is 58.4 Å². The van der Waals surface area contributed by atoms with Gasteiger partial charge in [0.1, 0.15) is 5.75 Å². The Kier molecular flexibility index (Phi) is 7.30. The lowest BCUT2D eigenvalue weighted by Crippen LogP contribution is -2.56. The summed E-state index contributed by atoms with van der Waals surface area (Å²) in [6, 6.07) is 6.90. The Bertz CT molecular complexity index is 992. The molecule has 182 valence electrons. The molecule has 0 bridgehead atoms. The second kappa shape index (κ2) is 10.2. The highest BCUT2D eigenvalue weighted by Crippen LogP contribution is 2.50. The molecule has 3 aliphatic rings. The molecule has 0 saturated carbocycles. The van der Waals surface area contributed by atoms with Gasteiger partial charge in [0, 0.05) is 24.0 Å². The third-order valence-electron chi connectivity index (χ3n) is 7.91. The van der Waals surface area contributed by atoms with Gasteiger partial charge in [-0.1, -0.05) is 68.7 Å². The van der Waals surface area contributed by atoms with Crippen LogP contribution in [0, 0.1) is 23.7 Å². The van der Waals surface area contributed by atoms with Gasteiger partial charge in [-0.25, -0.2) is 4.79 Å². The molecule has 1 aliphatic carbocycles. The highest BCUT2D eigenvalue weighted by Gasteiger charge is 2.64. The first-order valence-electron chi connectivity index (χ1n) is 12.6. The summed E-state index contributed by atoms with van der Waals surface area (Å²) in [6.45, 7) is 6.50. The van der Waals surface area contributed by atoms with E-state index >= 15 is 0 Å². The molecule has 34 heavy (non-hydrogen) atoms. The Hall–Kier alpha value is -2.82. The Morgan fingerprint density at radius 1 is 1.12 bits per heavy atom. The number of aromatic hydroxyl groups is 1. The quantitative estimate of drug-likeness (QED) is 0.464. The van der Waals surface area contributed by atoms with E-state index in [4.69, 9.17) is 4.74 Å². The Morgan fingerprint density at radius 2 is 1.88 bits per heavy atom. The smallest absolute Gasteiger partial charge is 0.331 e. The standard InChI is InChI=1S/C29H37NO4/c1-19-9-6-4-5-7-12-26(32)34-29-23(11-8-10-19)17-20(2)21(3)27(29)25(30-28(29)33)18-22-13-15-24(31)16-14-22/h7-8,11-17,19,21,23,25,27,31H,4-6,9-10,18H2,1-3H3,(H,30,33)/b11-8-,12-7-/t19-,21-,23-,25+,27+,29-/m1/s1. The lowest BCUT2D eigenvalue weighted by atomic mass is 9.63. The van der Waals surface area contributed by atoms with Crippen LogP contribution in [0.5, 0.6) is 5.75 Å². The van der Waals surface area contributed by atoms with Crippen LogP contribution in [-0.2, 0) is 20.7 Å². The van der Waals surface area contributed by atoms with Crippen molar-refractivity contribution in [2.24, 2.45) is 23.7 Å². The fourth-order valence-electron chi connectivity index (χ4n) is 5.91. The van der Waals surface area contributed by atoms with Gasteiger partial charge in [0.2, 0.25) is 5.60 Å². The summed E-state index contributed by atoms with van der Waals surface area (Å²) in [5.74, 6) is -0.318. The van der Waals surface area contributed by atoms with Gasteiger partial charge in [-0.15, -0.1) is 0 Å². The van der Waals surface area contributed by atoms with Crippen molar-refractivity contribution >= 4 is 11.9 Å². The summed E-state index contributed by atoms with van der Waals surface area (Å²) < 4.78 is 6.18. The van der Waals surface area contributed by atoms with E-state index in [1.165, 1.54) is 11.6 Å². The van der Waals surface area contributed by atoms with Crippen molar-refractivity contribution in [3.8, 4) is 5.75 Å². The number of benzene rings is 1. The maximum absolute atomic E-state index is 13.7. The maximum atomic E-state index is 13.7. The van der Waals surface area contributed by atoms with E-state index in [9.17, 15) is 14.7 Å². The fraction of sp³-hybridized carbons (Fsp3) is 0.517. The van der Waals surface area contributed by atoms with E-state index in [0.29, 0.717) is 12.3 Å². The van der Waals surface area contributed by atoms with Crippen molar-refractivity contribution in [2.45, 2.75) is 70.9 Å². The second-order valence-corrected chi connectivity index (χ2v) is 10.4. The fourth-order valence-corrected chi connectivity index (χ4v) is 5.91. The van der Waals surface area contributed by atoms with E-state index in [2.05, 4.69) is 44.3 Å². The van der Waals surface area contributed by atoms with Crippen LogP contribution in [0.2, 0.25) is 0 Å². The number of esters is 1. The van der Waals surface area contributed by atoms with Gasteiger partial charge < -0.3 is 15.2 Å². The predicted molar refractivity (Wildman–Crippen MR) is 133 cm³/mol. The lowest BCUT2D eigenvalue weighted by Gasteiger charge is -2.44. The Morgan fingerprint density at radius 3 is 2.65 bits per heavy atom. The molecule has 2 heterocycles. The number of ether oxygens (including phenoxy) is 1. The van der Waals surface area contributed by atoms with Crippen molar-refractivity contribution in [2.75, 3.05) is 0 Å². The number of hydrogen-bond acceptors (Lipinski definition) is 4. The summed E-state index contributed by atoms with van der Waals surface area (Å²) in [7, 11) is 0. The molecule has 5 nitrogen and oxygen atoms in total. The number of nitrogens with one attached hydrogen (secondary N) is 1. The number of phenolic OH excluding ortho intramolecular Hbond substituents is 1. The maximum Gasteiger partial charge on any atom is 0.331 e. The third kappa shape index (κ3) is 4.84. The normalized spacial score (nSPS) is 36.2. The first kappa shape index (κ1) is 24.3. The monoisotopic (exact) mass is 463 g/mol. The van der Waals surface area contributed by atoms with E-state index < -0.39 is 11.6 Å². The molecule has 1 saturated heterocycles. The highest BCUT2D eigenvalue weighted by molar-refractivity contribution is 5.94. The van der Waals surface area contributed by atoms with Crippen LogP contribution >= 0.6 is 0 Å². The zero-order chi connectivity index (χ0) is 24.3. The molecular formula is C29H37NO4. The molecule has 2 N–H and O–H groups in total. The number of amides is 1. The van der Waals surface area contributed by atoms with Gasteiger partial charge in [0.25, 0.3) is 5.91 Å². The predicted octanol–water partition coefficient (Wildman–Crippen LogP) is 5.26. The Balaban J connectivity index is 1.74. The van der Waals surface area contributed by atoms with E-state index in [0.717, 1.165) is 37.7 Å². The molecule has 5 heteroatoms. The van der Waals surface area contributed by atoms with Crippen molar-refractivity contribution in [3.63, 3.8) is 0 Å². The largest absolute Gasteiger partial charge is 0.508 e. The second-order valence-electron chi connectivity index (χ2n) is 10.4. The summed E-state index contributed by atoms with van der Waals surface area (Å²) in [5.41, 5.74) is 0.960. The average Bonchev–Trinajstić information content (AvgIpc) is 3.07. The number of hydrogen-bond donors (Lipinski definition) is 2. The molecule has 6 atom stereocenters. The van der Waals surface area contributed by atoms with Crippen molar-refractivity contribution < 1.29 is 19.4 Å². The molecule has 0 unspecified atom stereocenters. The minimum absolute atomic E-state index is 0.0697. The van der Waals surface area contributed by atoms with Gasteiger partial charge in [-0.2, -0.15) is 0 Å². The molecule has 4 rings (SSSR count). The van der Waals surface area contributed by atoms with Crippen LogP contribution in [0.25, 0.3) is 0 Å². The van der Waals surface area contributed by atoms with Crippen molar-refractivity contribution in [3.05, 3.63) is 65.8 Å². The van der Waals surface area contributed by atoms with Gasteiger partial charge >= 0.3 is 5.97 Å². The number of rotatable bonds is 2. The number of phenols is 1. The molecule has 0 aromatic heterocycles. The lowest BCUT2D eigenvalue weighted by molar-refractivity contribution is -0.172. The van der Waals surface area contributed by atoms with Gasteiger partial charge in [-0.05, 0) is 62.1 Å². The van der Waals surface area contributed by atoms with Gasteiger partial charge in [-0.3, -0.25) is 4.79 Å². The van der Waals surface area contributed by atoms with Gasteiger partial charge in [0.15, 0.2) is 0 Å². The van der Waals surface area contributed by atoms with E-state index in [1.807, 2.05) is 18.2 Å². The van der Waals surface area contributed by atoms with E-state index in [-0.39, 0.29) is 35.5 Å². The zero-order valence-electron chi connectivity index (χ0n) is 20.5. The summed E-state index contributed by atoms with van der Waals surface area (Å²) >= 11 is 0. The molecule has 2 aliphatic heterocycles. The van der Waals surface area contributed by atoms with Crippen LogP contribution in [0.4, 0.5) is 0 Å². The van der Waals surface area contributed by atoms with Crippen molar-refractivity contribution in [1.82, 2.24) is 5.32 Å². The van der Waals surface area contributed by atoms with Crippen LogP contribution < -0.4 is 5.32 Å². The molecule has 1 amide bonds. The SMILES string of the molecule is CC1=C[C@H]2/C=C\C[C@H](C)CCCC/C=C\C(=O)O[C@]23C(=O)N[C@@H](Cc2ccc(O)cc2)[C@@H]3[C@@H]1C. The Labute approximate surface area is 203 Å². The molecule has 1 spiro atoms. The number of carbonyl (C=O) groups is 2. The van der Waals surface area contributed by atoms with Crippen LogP contribution in [0.15, 0.2) is 60.2 Å². The molecule has 0 radical (unpaired) electrons. The first-order valence-corrected chi connectivity index (χ1v) is 12.6. The van der Waals surface area contributed by atoms with Gasteiger partial charge in [0.05, 0.1) is 0 Å². The van der Waals surface area contributed by atoms with Crippen LogP contribution in [0.3, 0.4) is 0 Å². The topological polar surface area (TPSA) is 75.6 Å². The minimum Gasteiger partial charge on any atom is -0.508 e. The summed E-state index contributed by atoms with van der Waals surface area (Å²) in [4.78, 5) is 26.7. The molecule has 1 fully saturated rings. The summed E-state index contributed by atoms with van der Waals surface area (Å²) in [6.07, 6.45) is 15.5. The zero-order valence-corrected chi connectivity index (χ0v) is 20.5. The molecule has 1 aromatic rings. The number of allylic oxidation sites excluding steroid dienone is 3. The minimum atomic E-state index is -1.27. The third-order valence-corrected chi connectivity index (χ3v) is 7.91. The average molecular weight is 464 g/mol. The highest BCUT2D eigenvalue weighted by atomic mass is 16.6. The van der Waals surface area contributed by atoms with Crippen LogP contribution in [-0.4, -0.2) is 28.6 Å². The summed E-state index contributed by atoms with van der Waals surface area (Å²) in [5, 5.41) is 12.9. The van der Waals surface area contributed by atoms with E-state index in [1.54, 1.807) is 12.1 Å². The molecular weight excluding hydrogens is 426 g/mol. The van der Waals surface area contributed by atoms with Crippen molar-refractivity contribution in [1.29, 1.82) is 0 Å².